The van der Waals surface area contributed by atoms with Crippen molar-refractivity contribution >= 4 is 5.97 Å². The molecule has 0 aliphatic heterocycles. The minimum atomic E-state index is -0.983. The van der Waals surface area contributed by atoms with E-state index in [0.717, 1.165) is 12.5 Å². The van der Waals surface area contributed by atoms with Crippen molar-refractivity contribution in [1.29, 1.82) is 0 Å². The lowest BCUT2D eigenvalue weighted by atomic mass is 10.3. The van der Waals surface area contributed by atoms with Gasteiger partial charge in [-0.1, -0.05) is 6.92 Å². The first-order valence-corrected chi connectivity index (χ1v) is 3.21. The van der Waals surface area contributed by atoms with Gasteiger partial charge in [-0.2, -0.15) is 0 Å². The first-order valence-electron chi connectivity index (χ1n) is 3.21. The second-order valence-corrected chi connectivity index (χ2v) is 2.00. The second kappa shape index (κ2) is 4.85. The zero-order valence-corrected chi connectivity index (χ0v) is 6.20. The predicted molar refractivity (Wildman–Crippen MR) is 37.6 cm³/mol. The zero-order valence-electron chi connectivity index (χ0n) is 6.20. The summed E-state index contributed by atoms with van der Waals surface area (Å²) >= 11 is 0. The SMILES string of the molecule is CCC(C)O/C=C\C(=O)O. The lowest BCUT2D eigenvalue weighted by Gasteiger charge is -2.05. The van der Waals surface area contributed by atoms with E-state index in [1.165, 1.54) is 6.26 Å². The average Bonchev–Trinajstić information content (AvgIpc) is 1.87. The highest BCUT2D eigenvalue weighted by Gasteiger charge is 1.93. The van der Waals surface area contributed by atoms with Gasteiger partial charge in [0, 0.05) is 0 Å². The maximum absolute atomic E-state index is 9.90. The summed E-state index contributed by atoms with van der Waals surface area (Å²) in [5.74, 6) is -0.983. The molecule has 0 fully saturated rings. The van der Waals surface area contributed by atoms with Crippen molar-refractivity contribution in [3.63, 3.8) is 0 Å². The maximum atomic E-state index is 9.90. The highest BCUT2D eigenvalue weighted by atomic mass is 16.5. The van der Waals surface area contributed by atoms with Crippen LogP contribution in [0.5, 0.6) is 0 Å². The Morgan fingerprint density at radius 2 is 2.40 bits per heavy atom. The molecule has 0 saturated carbocycles. The molecule has 0 aromatic heterocycles. The Bertz CT molecular complexity index is 129. The molecule has 10 heavy (non-hydrogen) atoms. The van der Waals surface area contributed by atoms with Gasteiger partial charge in [-0.25, -0.2) is 4.79 Å². The number of hydrogen-bond donors (Lipinski definition) is 1. The summed E-state index contributed by atoms with van der Waals surface area (Å²) in [6, 6.07) is 0. The van der Waals surface area contributed by atoms with Gasteiger partial charge >= 0.3 is 5.97 Å². The Kier molecular flexibility index (Phi) is 4.37. The standard InChI is InChI=1S/C7H12O3/c1-3-6(2)10-5-4-7(8)9/h4-6H,3H2,1-2H3,(H,8,9)/b5-4-. The molecule has 0 amide bonds. The molecule has 1 atom stereocenters. The topological polar surface area (TPSA) is 46.5 Å². The minimum Gasteiger partial charge on any atom is -0.498 e. The molecule has 58 valence electrons. The van der Waals surface area contributed by atoms with E-state index in [1.807, 2.05) is 13.8 Å². The summed E-state index contributed by atoms with van der Waals surface area (Å²) < 4.78 is 4.94. The fraction of sp³-hybridized carbons (Fsp3) is 0.571. The number of carbonyl (C=O) groups is 1. The molecule has 0 aliphatic carbocycles. The van der Waals surface area contributed by atoms with Crippen molar-refractivity contribution in [1.82, 2.24) is 0 Å². The van der Waals surface area contributed by atoms with Crippen molar-refractivity contribution < 1.29 is 14.6 Å². The van der Waals surface area contributed by atoms with Gasteiger partial charge in [-0.3, -0.25) is 0 Å². The third-order valence-corrected chi connectivity index (χ3v) is 1.10. The van der Waals surface area contributed by atoms with Crippen molar-refractivity contribution in [2.24, 2.45) is 0 Å². The third kappa shape index (κ3) is 5.15. The van der Waals surface area contributed by atoms with E-state index in [1.54, 1.807) is 0 Å². The van der Waals surface area contributed by atoms with Gasteiger partial charge in [0.1, 0.15) is 0 Å². The van der Waals surface area contributed by atoms with Gasteiger partial charge in [0.05, 0.1) is 18.4 Å². The summed E-state index contributed by atoms with van der Waals surface area (Å²) in [5, 5.41) is 8.13. The maximum Gasteiger partial charge on any atom is 0.331 e. The fourth-order valence-corrected chi connectivity index (χ4v) is 0.328. The van der Waals surface area contributed by atoms with Crippen LogP contribution in [0.4, 0.5) is 0 Å². The quantitative estimate of drug-likeness (QED) is 0.479. The van der Waals surface area contributed by atoms with Crippen LogP contribution >= 0.6 is 0 Å². The number of ether oxygens (including phenoxy) is 1. The molecule has 0 aromatic rings. The van der Waals surface area contributed by atoms with Gasteiger partial charge in [-0.15, -0.1) is 0 Å². The highest BCUT2D eigenvalue weighted by molar-refractivity contribution is 5.79. The van der Waals surface area contributed by atoms with E-state index in [-0.39, 0.29) is 6.10 Å². The van der Waals surface area contributed by atoms with Crippen molar-refractivity contribution in [3.8, 4) is 0 Å². The molecule has 0 saturated heterocycles. The van der Waals surface area contributed by atoms with Gasteiger partial charge in [0.15, 0.2) is 0 Å². The molecule has 3 nitrogen and oxygen atoms in total. The summed E-state index contributed by atoms with van der Waals surface area (Å²) in [6.07, 6.45) is 3.16. The van der Waals surface area contributed by atoms with Crippen LogP contribution < -0.4 is 0 Å². The van der Waals surface area contributed by atoms with Crippen LogP contribution in [0.15, 0.2) is 12.3 Å². The fourth-order valence-electron chi connectivity index (χ4n) is 0.328. The summed E-state index contributed by atoms with van der Waals surface area (Å²) in [7, 11) is 0. The molecule has 0 aromatic carbocycles. The lowest BCUT2D eigenvalue weighted by molar-refractivity contribution is -0.131. The van der Waals surface area contributed by atoms with E-state index in [2.05, 4.69) is 0 Å². The Balaban J connectivity index is 3.43. The summed E-state index contributed by atoms with van der Waals surface area (Å²) in [5.41, 5.74) is 0. The number of hydrogen-bond acceptors (Lipinski definition) is 2. The molecule has 0 aliphatic rings. The summed E-state index contributed by atoms with van der Waals surface area (Å²) in [6.45, 7) is 3.85. The van der Waals surface area contributed by atoms with Gasteiger partial charge in [0.25, 0.3) is 0 Å². The predicted octanol–water partition coefficient (Wildman–Crippen LogP) is 1.40. The van der Waals surface area contributed by atoms with Gasteiger partial charge in [0.2, 0.25) is 0 Å². The Hall–Kier alpha value is -0.990. The Morgan fingerprint density at radius 1 is 1.80 bits per heavy atom. The Morgan fingerprint density at radius 3 is 2.80 bits per heavy atom. The first kappa shape index (κ1) is 9.01. The van der Waals surface area contributed by atoms with Crippen LogP contribution in [0, 0.1) is 0 Å². The van der Waals surface area contributed by atoms with E-state index in [4.69, 9.17) is 9.84 Å². The molecule has 0 spiro atoms. The molecular formula is C7H12O3. The molecule has 0 rings (SSSR count). The normalized spacial score (nSPS) is 13.4. The van der Waals surface area contributed by atoms with Crippen LogP contribution in [0.2, 0.25) is 0 Å². The van der Waals surface area contributed by atoms with E-state index in [0.29, 0.717) is 0 Å². The van der Waals surface area contributed by atoms with Crippen LogP contribution in [-0.2, 0) is 9.53 Å². The molecule has 1 unspecified atom stereocenters. The third-order valence-electron chi connectivity index (χ3n) is 1.10. The second-order valence-electron chi connectivity index (χ2n) is 2.00. The van der Waals surface area contributed by atoms with Crippen molar-refractivity contribution in [3.05, 3.63) is 12.3 Å². The average molecular weight is 144 g/mol. The number of carboxylic acid groups (broad SMARTS) is 1. The molecule has 0 radical (unpaired) electrons. The van der Waals surface area contributed by atoms with E-state index >= 15 is 0 Å². The smallest absolute Gasteiger partial charge is 0.331 e. The molecule has 1 N–H and O–H groups in total. The molecule has 0 bridgehead atoms. The first-order chi connectivity index (χ1) is 4.66. The molecule has 3 heteroatoms. The lowest BCUT2D eigenvalue weighted by Crippen LogP contribution is -2.01. The largest absolute Gasteiger partial charge is 0.498 e. The van der Waals surface area contributed by atoms with Crippen molar-refractivity contribution in [2.45, 2.75) is 26.4 Å². The number of aliphatic carboxylic acids is 1. The van der Waals surface area contributed by atoms with E-state index in [9.17, 15) is 4.79 Å². The zero-order chi connectivity index (χ0) is 7.98. The van der Waals surface area contributed by atoms with Crippen molar-refractivity contribution in [2.75, 3.05) is 0 Å². The Labute approximate surface area is 60.3 Å². The molecule has 0 heterocycles. The van der Waals surface area contributed by atoms with Gasteiger partial charge in [-0.05, 0) is 13.3 Å². The minimum absolute atomic E-state index is 0.0931. The van der Waals surface area contributed by atoms with Crippen LogP contribution in [0.25, 0.3) is 0 Å². The van der Waals surface area contributed by atoms with E-state index < -0.39 is 5.97 Å². The van der Waals surface area contributed by atoms with Crippen LogP contribution in [0.3, 0.4) is 0 Å². The monoisotopic (exact) mass is 144 g/mol. The van der Waals surface area contributed by atoms with Gasteiger partial charge < -0.3 is 9.84 Å². The number of carboxylic acids is 1. The number of rotatable bonds is 4. The highest BCUT2D eigenvalue weighted by Crippen LogP contribution is 1.95. The summed E-state index contributed by atoms with van der Waals surface area (Å²) in [4.78, 5) is 9.90. The van der Waals surface area contributed by atoms with Crippen LogP contribution in [-0.4, -0.2) is 17.2 Å². The molecular weight excluding hydrogens is 132 g/mol. The van der Waals surface area contributed by atoms with Crippen LogP contribution in [0.1, 0.15) is 20.3 Å².